The van der Waals surface area contributed by atoms with Crippen LogP contribution in [-0.4, -0.2) is 29.5 Å². The Bertz CT molecular complexity index is 529. The van der Waals surface area contributed by atoms with Crippen LogP contribution in [0, 0.1) is 0 Å². The van der Waals surface area contributed by atoms with Gasteiger partial charge < -0.3 is 16.4 Å². The molecule has 1 amide bonds. The van der Waals surface area contributed by atoms with Crippen LogP contribution < -0.4 is 16.4 Å². The summed E-state index contributed by atoms with van der Waals surface area (Å²) in [7, 11) is 0. The van der Waals surface area contributed by atoms with Gasteiger partial charge in [0.25, 0.3) is 5.91 Å². The SMILES string of the molecule is CC1NCCCC1Nc1nc2c(cc1C(N)=O)CCC2. The number of carbonyl (C=O) groups excluding carboxylic acids is 1. The Morgan fingerprint density at radius 3 is 3.05 bits per heavy atom. The van der Waals surface area contributed by atoms with E-state index < -0.39 is 5.91 Å². The van der Waals surface area contributed by atoms with Gasteiger partial charge in [-0.3, -0.25) is 4.79 Å². The van der Waals surface area contributed by atoms with Crippen molar-refractivity contribution >= 4 is 11.7 Å². The molecule has 1 aromatic rings. The summed E-state index contributed by atoms with van der Waals surface area (Å²) < 4.78 is 0. The molecule has 0 spiro atoms. The number of nitrogens with two attached hydrogens (primary N) is 1. The molecule has 2 atom stereocenters. The standard InChI is InChI=1S/C15H22N4O/c1-9-12(6-3-7-17-9)18-15-11(14(16)20)8-10-4-2-5-13(10)19-15/h8-9,12,17H,2-7H2,1H3,(H2,16,20)(H,18,19). The van der Waals surface area contributed by atoms with Gasteiger partial charge in [-0.15, -0.1) is 0 Å². The quantitative estimate of drug-likeness (QED) is 0.774. The van der Waals surface area contributed by atoms with Gasteiger partial charge in [0, 0.05) is 17.8 Å². The molecule has 2 aliphatic rings. The van der Waals surface area contributed by atoms with Crippen LogP contribution in [0.1, 0.15) is 47.8 Å². The van der Waals surface area contributed by atoms with Gasteiger partial charge in [0.05, 0.1) is 5.56 Å². The van der Waals surface area contributed by atoms with E-state index in [0.29, 0.717) is 23.5 Å². The Morgan fingerprint density at radius 2 is 2.30 bits per heavy atom. The lowest BCUT2D eigenvalue weighted by Gasteiger charge is -2.31. The van der Waals surface area contributed by atoms with E-state index in [-0.39, 0.29) is 0 Å². The third kappa shape index (κ3) is 2.50. The number of nitrogens with one attached hydrogen (secondary N) is 2. The molecule has 108 valence electrons. The molecule has 1 aromatic heterocycles. The van der Waals surface area contributed by atoms with Gasteiger partial charge in [0.2, 0.25) is 0 Å². The lowest BCUT2D eigenvalue weighted by Crippen LogP contribution is -2.47. The van der Waals surface area contributed by atoms with E-state index in [0.717, 1.165) is 44.3 Å². The highest BCUT2D eigenvalue weighted by Gasteiger charge is 2.24. The number of rotatable bonds is 3. The largest absolute Gasteiger partial charge is 0.365 e. The number of fused-ring (bicyclic) bond motifs is 1. The smallest absolute Gasteiger partial charge is 0.252 e. The molecule has 1 fully saturated rings. The Hall–Kier alpha value is -1.62. The summed E-state index contributed by atoms with van der Waals surface area (Å²) in [5.74, 6) is 0.268. The van der Waals surface area contributed by atoms with E-state index in [2.05, 4.69) is 22.5 Å². The number of nitrogens with zero attached hydrogens (tertiary/aromatic N) is 1. The molecule has 1 aliphatic heterocycles. The van der Waals surface area contributed by atoms with Gasteiger partial charge in [-0.2, -0.15) is 0 Å². The predicted molar refractivity (Wildman–Crippen MR) is 78.9 cm³/mol. The number of piperidine rings is 1. The van der Waals surface area contributed by atoms with Crippen molar-refractivity contribution in [1.29, 1.82) is 0 Å². The molecular formula is C15H22N4O. The summed E-state index contributed by atoms with van der Waals surface area (Å²) in [5, 5.41) is 6.88. The van der Waals surface area contributed by atoms with Crippen molar-refractivity contribution in [2.45, 2.75) is 51.1 Å². The summed E-state index contributed by atoms with van der Waals surface area (Å²) in [4.78, 5) is 16.3. The monoisotopic (exact) mass is 274 g/mol. The van der Waals surface area contributed by atoms with Crippen LogP contribution in [-0.2, 0) is 12.8 Å². The van der Waals surface area contributed by atoms with Crippen molar-refractivity contribution < 1.29 is 4.79 Å². The first-order chi connectivity index (χ1) is 9.65. The summed E-state index contributed by atoms with van der Waals surface area (Å²) in [5.41, 5.74) is 8.34. The van der Waals surface area contributed by atoms with E-state index in [4.69, 9.17) is 5.73 Å². The van der Waals surface area contributed by atoms with Crippen molar-refractivity contribution in [3.8, 4) is 0 Å². The summed E-state index contributed by atoms with van der Waals surface area (Å²) in [6, 6.07) is 2.61. The van der Waals surface area contributed by atoms with Gasteiger partial charge in [0.15, 0.2) is 0 Å². The lowest BCUT2D eigenvalue weighted by molar-refractivity contribution is 0.100. The Kier molecular flexibility index (Phi) is 3.61. The number of pyridine rings is 1. The highest BCUT2D eigenvalue weighted by Crippen LogP contribution is 2.26. The minimum Gasteiger partial charge on any atom is -0.365 e. The van der Waals surface area contributed by atoms with Crippen molar-refractivity contribution in [2.75, 3.05) is 11.9 Å². The normalized spacial score (nSPS) is 25.2. The highest BCUT2D eigenvalue weighted by molar-refractivity contribution is 5.97. The Labute approximate surface area is 119 Å². The molecule has 20 heavy (non-hydrogen) atoms. The zero-order valence-corrected chi connectivity index (χ0v) is 11.9. The fraction of sp³-hybridized carbons (Fsp3) is 0.600. The summed E-state index contributed by atoms with van der Waals surface area (Å²) in [6.07, 6.45) is 5.35. The van der Waals surface area contributed by atoms with Crippen molar-refractivity contribution in [2.24, 2.45) is 5.73 Å². The second-order valence-corrected chi connectivity index (χ2v) is 5.84. The molecule has 0 saturated carbocycles. The molecule has 2 heterocycles. The number of aryl methyl sites for hydroxylation is 2. The van der Waals surface area contributed by atoms with Crippen molar-refractivity contribution in [3.05, 3.63) is 22.9 Å². The highest BCUT2D eigenvalue weighted by atomic mass is 16.1. The van der Waals surface area contributed by atoms with E-state index in [1.165, 1.54) is 5.56 Å². The molecule has 5 nitrogen and oxygen atoms in total. The maximum Gasteiger partial charge on any atom is 0.252 e. The topological polar surface area (TPSA) is 80.0 Å². The number of hydrogen-bond acceptors (Lipinski definition) is 4. The molecule has 4 N–H and O–H groups in total. The van der Waals surface area contributed by atoms with E-state index in [1.807, 2.05) is 6.07 Å². The van der Waals surface area contributed by atoms with E-state index >= 15 is 0 Å². The van der Waals surface area contributed by atoms with Gasteiger partial charge in [-0.25, -0.2) is 4.98 Å². The van der Waals surface area contributed by atoms with Gasteiger partial charge in [0.1, 0.15) is 5.82 Å². The van der Waals surface area contributed by atoms with Crippen LogP contribution in [0.2, 0.25) is 0 Å². The first-order valence-corrected chi connectivity index (χ1v) is 7.47. The molecule has 0 bridgehead atoms. The van der Waals surface area contributed by atoms with E-state index in [9.17, 15) is 4.79 Å². The van der Waals surface area contributed by atoms with E-state index in [1.54, 1.807) is 0 Å². The third-order valence-electron chi connectivity index (χ3n) is 4.40. The molecular weight excluding hydrogens is 252 g/mol. The van der Waals surface area contributed by atoms with Gasteiger partial charge in [-0.1, -0.05) is 0 Å². The predicted octanol–water partition coefficient (Wildman–Crippen LogP) is 1.22. The second-order valence-electron chi connectivity index (χ2n) is 5.84. The van der Waals surface area contributed by atoms with Crippen molar-refractivity contribution in [1.82, 2.24) is 10.3 Å². The first-order valence-electron chi connectivity index (χ1n) is 7.47. The summed E-state index contributed by atoms with van der Waals surface area (Å²) >= 11 is 0. The van der Waals surface area contributed by atoms with Crippen LogP contribution in [0.3, 0.4) is 0 Å². The average molecular weight is 274 g/mol. The zero-order valence-electron chi connectivity index (χ0n) is 11.9. The molecule has 2 unspecified atom stereocenters. The number of carbonyl (C=O) groups is 1. The van der Waals surface area contributed by atoms with Crippen LogP contribution in [0.15, 0.2) is 6.07 Å². The minimum absolute atomic E-state index is 0.300. The van der Waals surface area contributed by atoms with Crippen molar-refractivity contribution in [3.63, 3.8) is 0 Å². The molecule has 1 aliphatic carbocycles. The average Bonchev–Trinajstić information content (AvgIpc) is 2.87. The molecule has 1 saturated heterocycles. The Balaban J connectivity index is 1.89. The minimum atomic E-state index is -0.397. The number of primary amides is 1. The second kappa shape index (κ2) is 5.40. The first kappa shape index (κ1) is 13.4. The Morgan fingerprint density at radius 1 is 1.45 bits per heavy atom. The summed E-state index contributed by atoms with van der Waals surface area (Å²) in [6.45, 7) is 3.22. The number of hydrogen-bond donors (Lipinski definition) is 3. The maximum atomic E-state index is 11.7. The number of anilines is 1. The maximum absolute atomic E-state index is 11.7. The molecule has 0 aromatic carbocycles. The zero-order chi connectivity index (χ0) is 14.1. The van der Waals surface area contributed by atoms with Crippen LogP contribution >= 0.6 is 0 Å². The van der Waals surface area contributed by atoms with Crippen LogP contribution in [0.4, 0.5) is 5.82 Å². The molecule has 0 radical (unpaired) electrons. The third-order valence-corrected chi connectivity index (χ3v) is 4.40. The van der Waals surface area contributed by atoms with Crippen LogP contribution in [0.25, 0.3) is 0 Å². The molecule has 3 rings (SSSR count). The molecule has 5 heteroatoms. The number of aromatic nitrogens is 1. The van der Waals surface area contributed by atoms with Gasteiger partial charge >= 0.3 is 0 Å². The fourth-order valence-electron chi connectivity index (χ4n) is 3.19. The van der Waals surface area contributed by atoms with Crippen LogP contribution in [0.5, 0.6) is 0 Å². The van der Waals surface area contributed by atoms with Gasteiger partial charge in [-0.05, 0) is 57.2 Å². The lowest BCUT2D eigenvalue weighted by atomic mass is 9.99. The number of amides is 1. The fourth-order valence-corrected chi connectivity index (χ4v) is 3.19.